The number of aromatic nitrogens is 4. The summed E-state index contributed by atoms with van der Waals surface area (Å²) in [6, 6.07) is 8.11. The Morgan fingerprint density at radius 3 is 2.73 bits per heavy atom. The first-order chi connectivity index (χ1) is 10.8. The molecule has 5 nitrogen and oxygen atoms in total. The maximum Gasteiger partial charge on any atom is 0.129 e. The van der Waals surface area contributed by atoms with Crippen molar-refractivity contribution in [3.63, 3.8) is 0 Å². The molecule has 3 rings (SSSR count). The number of hydrogen-bond acceptors (Lipinski definition) is 4. The number of aryl methyl sites for hydroxylation is 1. The fourth-order valence-corrected chi connectivity index (χ4v) is 2.25. The molecule has 0 spiro atoms. The summed E-state index contributed by atoms with van der Waals surface area (Å²) >= 11 is 0. The molecule has 6 heteroatoms. The highest BCUT2D eigenvalue weighted by atomic mass is 19.1. The van der Waals surface area contributed by atoms with Crippen molar-refractivity contribution in [1.29, 1.82) is 0 Å². The van der Waals surface area contributed by atoms with Crippen LogP contribution in [0.3, 0.4) is 0 Å². The van der Waals surface area contributed by atoms with Gasteiger partial charge in [0.15, 0.2) is 0 Å². The van der Waals surface area contributed by atoms with Crippen LogP contribution in [0.1, 0.15) is 12.2 Å². The summed E-state index contributed by atoms with van der Waals surface area (Å²) in [5.74, 6) is 0.491. The van der Waals surface area contributed by atoms with E-state index in [0.29, 0.717) is 6.54 Å². The van der Waals surface area contributed by atoms with Gasteiger partial charge in [0, 0.05) is 23.7 Å². The van der Waals surface area contributed by atoms with Crippen LogP contribution in [0.2, 0.25) is 0 Å². The lowest BCUT2D eigenvalue weighted by molar-refractivity contribution is 0.628. The highest BCUT2D eigenvalue weighted by Gasteiger charge is 2.12. The minimum Gasteiger partial charge on any atom is -0.330 e. The smallest absolute Gasteiger partial charge is 0.129 e. The number of rotatable bonds is 5. The van der Waals surface area contributed by atoms with Crippen LogP contribution in [0.25, 0.3) is 22.5 Å². The number of aromatic amines is 1. The van der Waals surface area contributed by atoms with E-state index in [1.54, 1.807) is 24.5 Å². The first-order valence-corrected chi connectivity index (χ1v) is 7.09. The van der Waals surface area contributed by atoms with E-state index in [9.17, 15) is 4.39 Å². The predicted octanol–water partition coefficient (Wildman–Crippen LogP) is 2.56. The number of halogens is 1. The van der Waals surface area contributed by atoms with Crippen molar-refractivity contribution in [3.8, 4) is 22.5 Å². The summed E-state index contributed by atoms with van der Waals surface area (Å²) in [5.41, 5.74) is 8.84. The normalized spacial score (nSPS) is 10.8. The Kier molecular flexibility index (Phi) is 4.20. The SMILES string of the molecule is NCCCc1nccc(-c2cn[nH]c2-c2ccc(F)cc2)n1. The maximum atomic E-state index is 13.1. The quantitative estimate of drug-likeness (QED) is 0.758. The molecule has 2 aromatic heterocycles. The van der Waals surface area contributed by atoms with Gasteiger partial charge in [-0.3, -0.25) is 5.10 Å². The van der Waals surface area contributed by atoms with Gasteiger partial charge in [-0.2, -0.15) is 5.10 Å². The Morgan fingerprint density at radius 1 is 1.14 bits per heavy atom. The zero-order valence-electron chi connectivity index (χ0n) is 12.0. The van der Waals surface area contributed by atoms with Crippen LogP contribution in [-0.4, -0.2) is 26.7 Å². The molecule has 0 bridgehead atoms. The average molecular weight is 297 g/mol. The van der Waals surface area contributed by atoms with Crippen molar-refractivity contribution in [2.45, 2.75) is 12.8 Å². The Bertz CT molecular complexity index is 751. The first-order valence-electron chi connectivity index (χ1n) is 7.09. The molecule has 0 fully saturated rings. The van der Waals surface area contributed by atoms with E-state index in [-0.39, 0.29) is 5.82 Å². The standard InChI is InChI=1S/C16H16FN5/c17-12-5-3-11(4-6-12)16-13(10-20-22-16)14-7-9-19-15(21-14)2-1-8-18/h3-7,9-10H,1-2,8,18H2,(H,20,22). The molecule has 0 radical (unpaired) electrons. The van der Waals surface area contributed by atoms with E-state index in [0.717, 1.165) is 41.2 Å². The van der Waals surface area contributed by atoms with Gasteiger partial charge >= 0.3 is 0 Å². The lowest BCUT2D eigenvalue weighted by Gasteiger charge is -2.05. The number of H-pyrrole nitrogens is 1. The molecular formula is C16H16FN5. The molecule has 22 heavy (non-hydrogen) atoms. The minimum atomic E-state index is -0.268. The van der Waals surface area contributed by atoms with E-state index in [1.165, 1.54) is 12.1 Å². The molecule has 2 heterocycles. The molecule has 0 saturated heterocycles. The number of nitrogens with two attached hydrogens (primary N) is 1. The van der Waals surface area contributed by atoms with Gasteiger partial charge < -0.3 is 5.73 Å². The van der Waals surface area contributed by atoms with Crippen LogP contribution in [0.5, 0.6) is 0 Å². The van der Waals surface area contributed by atoms with Gasteiger partial charge in [-0.15, -0.1) is 0 Å². The summed E-state index contributed by atoms with van der Waals surface area (Å²) in [6.07, 6.45) is 5.04. The lowest BCUT2D eigenvalue weighted by Crippen LogP contribution is -2.03. The summed E-state index contributed by atoms with van der Waals surface area (Å²) in [4.78, 5) is 8.81. The maximum absolute atomic E-state index is 13.1. The topological polar surface area (TPSA) is 80.5 Å². The summed E-state index contributed by atoms with van der Waals surface area (Å²) in [7, 11) is 0. The van der Waals surface area contributed by atoms with Crippen LogP contribution in [0, 0.1) is 5.82 Å². The van der Waals surface area contributed by atoms with Crippen LogP contribution < -0.4 is 5.73 Å². The molecule has 1 aromatic carbocycles. The summed E-state index contributed by atoms with van der Waals surface area (Å²) < 4.78 is 13.1. The van der Waals surface area contributed by atoms with Crippen molar-refractivity contribution >= 4 is 0 Å². The Balaban J connectivity index is 1.96. The second kappa shape index (κ2) is 6.44. The van der Waals surface area contributed by atoms with Crippen molar-refractivity contribution in [2.24, 2.45) is 5.73 Å². The van der Waals surface area contributed by atoms with Crippen molar-refractivity contribution in [3.05, 3.63) is 54.4 Å². The average Bonchev–Trinajstić information content (AvgIpc) is 3.03. The van der Waals surface area contributed by atoms with Crippen molar-refractivity contribution in [2.75, 3.05) is 6.54 Å². The molecule has 112 valence electrons. The zero-order valence-corrected chi connectivity index (χ0v) is 12.0. The number of hydrogen-bond donors (Lipinski definition) is 2. The highest BCUT2D eigenvalue weighted by molar-refractivity contribution is 5.78. The molecule has 0 aliphatic rings. The molecule has 0 aliphatic carbocycles. The van der Waals surface area contributed by atoms with E-state index < -0.39 is 0 Å². The van der Waals surface area contributed by atoms with Crippen LogP contribution in [0.15, 0.2) is 42.7 Å². The fraction of sp³-hybridized carbons (Fsp3) is 0.188. The van der Waals surface area contributed by atoms with Gasteiger partial charge in [0.2, 0.25) is 0 Å². The second-order valence-corrected chi connectivity index (χ2v) is 4.92. The van der Waals surface area contributed by atoms with Gasteiger partial charge in [-0.05, 0) is 43.3 Å². The molecule has 0 saturated carbocycles. The lowest BCUT2D eigenvalue weighted by atomic mass is 10.1. The van der Waals surface area contributed by atoms with Crippen LogP contribution in [0.4, 0.5) is 4.39 Å². The largest absolute Gasteiger partial charge is 0.330 e. The van der Waals surface area contributed by atoms with Gasteiger partial charge in [0.25, 0.3) is 0 Å². The molecule has 0 amide bonds. The number of nitrogens with zero attached hydrogens (tertiary/aromatic N) is 3. The Morgan fingerprint density at radius 2 is 1.95 bits per heavy atom. The van der Waals surface area contributed by atoms with Crippen molar-refractivity contribution in [1.82, 2.24) is 20.2 Å². The molecule has 0 aliphatic heterocycles. The van der Waals surface area contributed by atoms with Gasteiger partial charge in [-0.1, -0.05) is 0 Å². The Labute approximate surface area is 127 Å². The Hall–Kier alpha value is -2.60. The third-order valence-corrected chi connectivity index (χ3v) is 3.36. The summed E-state index contributed by atoms with van der Waals surface area (Å²) in [5, 5.41) is 7.04. The third kappa shape index (κ3) is 3.01. The van der Waals surface area contributed by atoms with E-state index in [1.807, 2.05) is 6.07 Å². The van der Waals surface area contributed by atoms with E-state index in [4.69, 9.17) is 5.73 Å². The minimum absolute atomic E-state index is 0.268. The zero-order chi connectivity index (χ0) is 15.4. The highest BCUT2D eigenvalue weighted by Crippen LogP contribution is 2.28. The van der Waals surface area contributed by atoms with Crippen LogP contribution >= 0.6 is 0 Å². The third-order valence-electron chi connectivity index (χ3n) is 3.36. The van der Waals surface area contributed by atoms with E-state index >= 15 is 0 Å². The van der Waals surface area contributed by atoms with Gasteiger partial charge in [-0.25, -0.2) is 14.4 Å². The molecule has 3 N–H and O–H groups in total. The molecular weight excluding hydrogens is 281 g/mol. The molecule has 0 atom stereocenters. The summed E-state index contributed by atoms with van der Waals surface area (Å²) in [6.45, 7) is 0.611. The van der Waals surface area contributed by atoms with Gasteiger partial charge in [0.05, 0.1) is 17.6 Å². The second-order valence-electron chi connectivity index (χ2n) is 4.92. The van der Waals surface area contributed by atoms with Crippen molar-refractivity contribution < 1.29 is 4.39 Å². The first kappa shape index (κ1) is 14.3. The number of benzene rings is 1. The monoisotopic (exact) mass is 297 g/mol. The number of nitrogens with one attached hydrogen (secondary N) is 1. The fourth-order valence-electron chi connectivity index (χ4n) is 2.25. The molecule has 3 aromatic rings. The molecule has 0 unspecified atom stereocenters. The van der Waals surface area contributed by atoms with Crippen LogP contribution in [-0.2, 0) is 6.42 Å². The predicted molar refractivity (Wildman–Crippen MR) is 82.4 cm³/mol. The van der Waals surface area contributed by atoms with Gasteiger partial charge in [0.1, 0.15) is 11.6 Å². The van der Waals surface area contributed by atoms with E-state index in [2.05, 4.69) is 20.2 Å².